The van der Waals surface area contributed by atoms with Crippen LogP contribution < -0.4 is 5.32 Å². The van der Waals surface area contributed by atoms with Crippen LogP contribution in [0.5, 0.6) is 0 Å². The summed E-state index contributed by atoms with van der Waals surface area (Å²) in [6.45, 7) is 4.69. The topological polar surface area (TPSA) is 29.1 Å². The van der Waals surface area contributed by atoms with Crippen LogP contribution in [0.1, 0.15) is 37.0 Å². The van der Waals surface area contributed by atoms with Gasteiger partial charge >= 0.3 is 0 Å². The smallest absolute Gasteiger partial charge is 0.251 e. The Balaban J connectivity index is 2.60. The van der Waals surface area contributed by atoms with Crippen molar-refractivity contribution in [2.75, 3.05) is 6.54 Å². The number of hydrogen-bond donors (Lipinski definition) is 1. The third-order valence-electron chi connectivity index (χ3n) is 3.14. The molecule has 0 aromatic heterocycles. The van der Waals surface area contributed by atoms with Gasteiger partial charge in [-0.25, -0.2) is 0 Å². The molecule has 1 aromatic carbocycles. The molecule has 0 bridgehead atoms. The Morgan fingerprint density at radius 2 is 1.95 bits per heavy atom. The Morgan fingerprint density at radius 1 is 1.32 bits per heavy atom. The second-order valence-electron chi connectivity index (χ2n) is 4.46. The third kappa shape index (κ3) is 5.33. The second-order valence-corrected chi connectivity index (χ2v) is 6.37. The molecule has 0 aliphatic carbocycles. The summed E-state index contributed by atoms with van der Waals surface area (Å²) < 4.78 is 0.785. The van der Waals surface area contributed by atoms with E-state index in [1.807, 2.05) is 0 Å². The first-order valence-corrected chi connectivity index (χ1v) is 7.97. The molecule has 1 amide bonds. The number of benzene rings is 1. The molecule has 0 aliphatic heterocycles. The summed E-state index contributed by atoms with van der Waals surface area (Å²) >= 11 is 15.5. The maximum atomic E-state index is 12.0. The predicted octanol–water partition coefficient (Wildman–Crippen LogP) is 4.88. The summed E-state index contributed by atoms with van der Waals surface area (Å²) in [5, 5.41) is 3.34. The summed E-state index contributed by atoms with van der Waals surface area (Å²) in [5.41, 5.74) is 0.535. The normalized spacial score (nSPS) is 12.5. The zero-order valence-electron chi connectivity index (χ0n) is 11.1. The molecule has 0 aliphatic rings. The molecule has 1 atom stereocenters. The molecule has 0 heterocycles. The summed E-state index contributed by atoms with van der Waals surface area (Å²) in [6.07, 6.45) is 2.03. The van der Waals surface area contributed by atoms with Gasteiger partial charge in [-0.05, 0) is 24.1 Å². The van der Waals surface area contributed by atoms with Gasteiger partial charge < -0.3 is 5.32 Å². The molecule has 0 saturated carbocycles. The van der Waals surface area contributed by atoms with Crippen LogP contribution in [-0.4, -0.2) is 17.8 Å². The van der Waals surface area contributed by atoms with Crippen LogP contribution in [0.3, 0.4) is 0 Å². The van der Waals surface area contributed by atoms with E-state index in [1.165, 1.54) is 0 Å². The largest absolute Gasteiger partial charge is 0.351 e. The zero-order chi connectivity index (χ0) is 14.4. The lowest BCUT2D eigenvalue weighted by Gasteiger charge is -2.19. The molecule has 2 nitrogen and oxygen atoms in total. The van der Waals surface area contributed by atoms with E-state index < -0.39 is 0 Å². The van der Waals surface area contributed by atoms with Gasteiger partial charge in [0.15, 0.2) is 0 Å². The summed E-state index contributed by atoms with van der Waals surface area (Å²) in [7, 11) is 0. The highest BCUT2D eigenvalue weighted by molar-refractivity contribution is 9.10. The van der Waals surface area contributed by atoms with E-state index in [4.69, 9.17) is 23.2 Å². The van der Waals surface area contributed by atoms with Gasteiger partial charge in [-0.1, -0.05) is 54.2 Å². The van der Waals surface area contributed by atoms with Gasteiger partial charge in [0.2, 0.25) is 0 Å². The molecular weight excluding hydrogens is 349 g/mol. The van der Waals surface area contributed by atoms with Crippen LogP contribution >= 0.6 is 39.1 Å². The summed E-state index contributed by atoms with van der Waals surface area (Å²) in [5.74, 6) is 0.271. The minimum Gasteiger partial charge on any atom is -0.351 e. The molecule has 1 N–H and O–H groups in total. The van der Waals surface area contributed by atoms with E-state index in [-0.39, 0.29) is 11.3 Å². The van der Waals surface area contributed by atoms with Gasteiger partial charge in [0.25, 0.3) is 5.91 Å². The standard InChI is InChI=1S/C14H18BrCl2NO/c1-3-9(4-2)13(17)8-18-14(19)10-5-11(15)7-12(16)6-10/h5-7,9,13H,3-4,8H2,1-2H3,(H,18,19). The number of hydrogen-bond acceptors (Lipinski definition) is 1. The first kappa shape index (κ1) is 16.8. The molecule has 0 fully saturated rings. The first-order chi connectivity index (χ1) is 8.97. The average molecular weight is 367 g/mol. The molecule has 1 unspecified atom stereocenters. The molecule has 5 heteroatoms. The van der Waals surface area contributed by atoms with Crippen molar-refractivity contribution in [1.82, 2.24) is 5.32 Å². The monoisotopic (exact) mass is 365 g/mol. The Labute approximate surface area is 133 Å². The number of amides is 1. The first-order valence-electron chi connectivity index (χ1n) is 6.36. The van der Waals surface area contributed by atoms with E-state index in [2.05, 4.69) is 35.1 Å². The van der Waals surface area contributed by atoms with Crippen molar-refractivity contribution in [2.24, 2.45) is 5.92 Å². The molecule has 106 valence electrons. The number of alkyl halides is 1. The number of halogens is 3. The molecule has 0 spiro atoms. The lowest BCUT2D eigenvalue weighted by Crippen LogP contribution is -2.33. The van der Waals surface area contributed by atoms with E-state index in [0.29, 0.717) is 23.0 Å². The molecule has 19 heavy (non-hydrogen) atoms. The van der Waals surface area contributed by atoms with Crippen LogP contribution in [0.2, 0.25) is 5.02 Å². The highest BCUT2D eigenvalue weighted by atomic mass is 79.9. The predicted molar refractivity (Wildman–Crippen MR) is 85.2 cm³/mol. The lowest BCUT2D eigenvalue weighted by atomic mass is 9.99. The fraction of sp³-hybridized carbons (Fsp3) is 0.500. The molecule has 0 saturated heterocycles. The third-order valence-corrected chi connectivity index (χ3v) is 4.33. The van der Waals surface area contributed by atoms with Gasteiger partial charge in [-0.15, -0.1) is 11.6 Å². The highest BCUT2D eigenvalue weighted by Gasteiger charge is 2.17. The number of carbonyl (C=O) groups is 1. The van der Waals surface area contributed by atoms with Crippen LogP contribution in [0, 0.1) is 5.92 Å². The molecule has 1 aromatic rings. The van der Waals surface area contributed by atoms with Crippen molar-refractivity contribution in [1.29, 1.82) is 0 Å². The number of rotatable bonds is 6. The van der Waals surface area contributed by atoms with Gasteiger partial charge in [0.1, 0.15) is 0 Å². The molecule has 0 radical (unpaired) electrons. The highest BCUT2D eigenvalue weighted by Crippen LogP contribution is 2.20. The van der Waals surface area contributed by atoms with E-state index >= 15 is 0 Å². The van der Waals surface area contributed by atoms with Crippen molar-refractivity contribution in [3.63, 3.8) is 0 Å². The van der Waals surface area contributed by atoms with Crippen molar-refractivity contribution in [2.45, 2.75) is 32.1 Å². The van der Waals surface area contributed by atoms with E-state index in [1.54, 1.807) is 18.2 Å². The molecule has 1 rings (SSSR count). The Bertz CT molecular complexity index is 415. The van der Waals surface area contributed by atoms with Crippen LogP contribution in [0.25, 0.3) is 0 Å². The van der Waals surface area contributed by atoms with Gasteiger partial charge in [-0.3, -0.25) is 4.79 Å². The van der Waals surface area contributed by atoms with E-state index in [9.17, 15) is 4.79 Å². The SMILES string of the molecule is CCC(CC)C(Cl)CNC(=O)c1cc(Cl)cc(Br)c1. The van der Waals surface area contributed by atoms with E-state index in [0.717, 1.165) is 17.3 Å². The Morgan fingerprint density at radius 3 is 2.47 bits per heavy atom. The zero-order valence-corrected chi connectivity index (χ0v) is 14.1. The van der Waals surface area contributed by atoms with Crippen molar-refractivity contribution in [3.05, 3.63) is 33.3 Å². The van der Waals surface area contributed by atoms with Gasteiger partial charge in [0.05, 0.1) is 5.38 Å². The molecular formula is C14H18BrCl2NO. The fourth-order valence-corrected chi connectivity index (χ4v) is 3.24. The van der Waals surface area contributed by atoms with Crippen molar-refractivity contribution < 1.29 is 4.79 Å². The average Bonchev–Trinajstić information content (AvgIpc) is 2.36. The Kier molecular flexibility index (Phi) is 7.19. The minimum atomic E-state index is -0.153. The maximum Gasteiger partial charge on any atom is 0.251 e. The van der Waals surface area contributed by atoms with Crippen molar-refractivity contribution in [3.8, 4) is 0 Å². The van der Waals surface area contributed by atoms with Gasteiger partial charge in [-0.2, -0.15) is 0 Å². The summed E-state index contributed by atoms with van der Waals surface area (Å²) in [4.78, 5) is 12.0. The lowest BCUT2D eigenvalue weighted by molar-refractivity contribution is 0.0951. The van der Waals surface area contributed by atoms with Crippen LogP contribution in [-0.2, 0) is 0 Å². The van der Waals surface area contributed by atoms with Crippen molar-refractivity contribution >= 4 is 45.0 Å². The number of nitrogens with one attached hydrogen (secondary N) is 1. The van der Waals surface area contributed by atoms with Crippen LogP contribution in [0.15, 0.2) is 22.7 Å². The second kappa shape index (κ2) is 8.13. The fourth-order valence-electron chi connectivity index (χ4n) is 1.94. The summed E-state index contributed by atoms with van der Waals surface area (Å²) in [6, 6.07) is 5.12. The Hall–Kier alpha value is -0.250. The minimum absolute atomic E-state index is 0.0402. The quantitative estimate of drug-likeness (QED) is 0.714. The maximum absolute atomic E-state index is 12.0. The van der Waals surface area contributed by atoms with Crippen LogP contribution in [0.4, 0.5) is 0 Å². The van der Waals surface area contributed by atoms with Gasteiger partial charge in [0, 0.05) is 21.6 Å². The number of carbonyl (C=O) groups excluding carboxylic acids is 1.